The smallest absolute Gasteiger partial charge is 0.256 e. The van der Waals surface area contributed by atoms with Gasteiger partial charge in [-0.2, -0.15) is 0 Å². The Morgan fingerprint density at radius 2 is 1.77 bits per heavy atom. The topological polar surface area (TPSA) is 23.6 Å². The van der Waals surface area contributed by atoms with Crippen LogP contribution in [0.15, 0.2) is 18.2 Å². The molecule has 0 saturated carbocycles. The Bertz CT molecular complexity index is 543. The van der Waals surface area contributed by atoms with Crippen LogP contribution in [0.3, 0.4) is 0 Å². The molecule has 0 N–H and O–H groups in total. The molecule has 2 aliphatic heterocycles. The first-order valence-electron chi connectivity index (χ1n) is 8.13. The summed E-state index contributed by atoms with van der Waals surface area (Å²) in [5.74, 6) is -1.60. The lowest BCUT2D eigenvalue weighted by Gasteiger charge is -2.30. The molecule has 120 valence electrons. The molecule has 22 heavy (non-hydrogen) atoms. The van der Waals surface area contributed by atoms with Crippen LogP contribution >= 0.6 is 0 Å². The number of carbonyl (C=O) groups excluding carboxylic acids is 1. The SMILES string of the molecule is O=C(c1cc(F)ccc1F)N1CCCC[C@H](N2CCCC2)C1. The van der Waals surface area contributed by atoms with Crippen LogP contribution in [0.4, 0.5) is 8.78 Å². The number of halogens is 2. The third-order valence-electron chi connectivity index (χ3n) is 4.75. The molecule has 2 aliphatic rings. The van der Waals surface area contributed by atoms with Crippen molar-refractivity contribution in [3.8, 4) is 0 Å². The van der Waals surface area contributed by atoms with Gasteiger partial charge in [0.2, 0.25) is 0 Å². The van der Waals surface area contributed by atoms with Crippen molar-refractivity contribution in [1.29, 1.82) is 0 Å². The highest BCUT2D eigenvalue weighted by Gasteiger charge is 2.29. The Labute approximate surface area is 129 Å². The van der Waals surface area contributed by atoms with Crippen LogP contribution in [0.2, 0.25) is 0 Å². The van der Waals surface area contributed by atoms with Crippen LogP contribution in [0.25, 0.3) is 0 Å². The van der Waals surface area contributed by atoms with E-state index in [0.29, 0.717) is 19.1 Å². The summed E-state index contributed by atoms with van der Waals surface area (Å²) in [7, 11) is 0. The molecule has 0 unspecified atom stereocenters. The van der Waals surface area contributed by atoms with E-state index >= 15 is 0 Å². The molecule has 1 atom stereocenters. The van der Waals surface area contributed by atoms with Gasteiger partial charge in [0, 0.05) is 19.1 Å². The second-order valence-electron chi connectivity index (χ2n) is 6.27. The fraction of sp³-hybridized carbons (Fsp3) is 0.588. The summed E-state index contributed by atoms with van der Waals surface area (Å²) in [6.45, 7) is 3.41. The Morgan fingerprint density at radius 3 is 2.55 bits per heavy atom. The van der Waals surface area contributed by atoms with E-state index in [9.17, 15) is 13.6 Å². The summed E-state index contributed by atoms with van der Waals surface area (Å²) >= 11 is 0. The van der Waals surface area contributed by atoms with E-state index in [1.165, 1.54) is 12.8 Å². The standard InChI is InChI=1S/C17H22F2N2O/c18-13-6-7-16(19)15(11-13)17(22)21-10-2-1-5-14(12-21)20-8-3-4-9-20/h6-7,11,14H,1-5,8-10,12H2/t14-/m0/s1. The molecule has 1 amide bonds. The first-order valence-corrected chi connectivity index (χ1v) is 8.13. The highest BCUT2D eigenvalue weighted by atomic mass is 19.1. The summed E-state index contributed by atoms with van der Waals surface area (Å²) < 4.78 is 27.2. The molecular weight excluding hydrogens is 286 g/mol. The maximum absolute atomic E-state index is 13.9. The summed E-state index contributed by atoms with van der Waals surface area (Å²) in [4.78, 5) is 16.7. The minimum atomic E-state index is -0.645. The number of hydrogen-bond donors (Lipinski definition) is 0. The van der Waals surface area contributed by atoms with Gasteiger partial charge in [0.05, 0.1) is 5.56 Å². The van der Waals surface area contributed by atoms with Crippen molar-refractivity contribution in [2.24, 2.45) is 0 Å². The second-order valence-corrected chi connectivity index (χ2v) is 6.27. The minimum absolute atomic E-state index is 0.151. The van der Waals surface area contributed by atoms with Gasteiger partial charge in [-0.3, -0.25) is 9.69 Å². The van der Waals surface area contributed by atoms with Gasteiger partial charge >= 0.3 is 0 Å². The fourth-order valence-electron chi connectivity index (χ4n) is 3.54. The largest absolute Gasteiger partial charge is 0.337 e. The summed E-state index contributed by atoms with van der Waals surface area (Å²) in [6.07, 6.45) is 5.50. The quantitative estimate of drug-likeness (QED) is 0.838. The number of benzene rings is 1. The van der Waals surface area contributed by atoms with Gasteiger partial charge in [0.25, 0.3) is 5.91 Å². The molecule has 5 heteroatoms. The van der Waals surface area contributed by atoms with Gasteiger partial charge in [0.1, 0.15) is 11.6 Å². The normalized spacial score (nSPS) is 23.5. The van der Waals surface area contributed by atoms with E-state index in [2.05, 4.69) is 4.90 Å². The van der Waals surface area contributed by atoms with Gasteiger partial charge in [-0.25, -0.2) is 8.78 Å². The lowest BCUT2D eigenvalue weighted by Crippen LogP contribution is -2.44. The maximum Gasteiger partial charge on any atom is 0.256 e. The van der Waals surface area contributed by atoms with Crippen LogP contribution in [0.1, 0.15) is 42.5 Å². The first-order chi connectivity index (χ1) is 10.6. The number of likely N-dealkylation sites (tertiary alicyclic amines) is 2. The predicted octanol–water partition coefficient (Wildman–Crippen LogP) is 3.06. The number of hydrogen-bond acceptors (Lipinski definition) is 2. The Kier molecular flexibility index (Phi) is 4.71. The third kappa shape index (κ3) is 3.29. The Hall–Kier alpha value is -1.49. The van der Waals surface area contributed by atoms with Crippen molar-refractivity contribution < 1.29 is 13.6 Å². The first kappa shape index (κ1) is 15.4. The molecule has 0 aliphatic carbocycles. The van der Waals surface area contributed by atoms with Crippen molar-refractivity contribution in [3.63, 3.8) is 0 Å². The van der Waals surface area contributed by atoms with Crippen molar-refractivity contribution in [2.75, 3.05) is 26.2 Å². The van der Waals surface area contributed by atoms with Crippen molar-refractivity contribution in [3.05, 3.63) is 35.4 Å². The maximum atomic E-state index is 13.9. The van der Waals surface area contributed by atoms with Crippen molar-refractivity contribution in [2.45, 2.75) is 38.1 Å². The van der Waals surface area contributed by atoms with E-state index in [1.54, 1.807) is 4.90 Å². The van der Waals surface area contributed by atoms with Gasteiger partial charge in [-0.05, 0) is 57.0 Å². The Morgan fingerprint density at radius 1 is 1.05 bits per heavy atom. The molecule has 2 heterocycles. The highest BCUT2D eigenvalue weighted by molar-refractivity contribution is 5.94. The molecule has 0 bridgehead atoms. The van der Waals surface area contributed by atoms with Crippen molar-refractivity contribution >= 4 is 5.91 Å². The monoisotopic (exact) mass is 308 g/mol. The zero-order valence-corrected chi connectivity index (χ0v) is 12.7. The third-order valence-corrected chi connectivity index (χ3v) is 4.75. The highest BCUT2D eigenvalue weighted by Crippen LogP contribution is 2.22. The number of amides is 1. The van der Waals surface area contributed by atoms with E-state index in [-0.39, 0.29) is 11.5 Å². The van der Waals surface area contributed by atoms with Crippen LogP contribution < -0.4 is 0 Å². The minimum Gasteiger partial charge on any atom is -0.337 e. The van der Waals surface area contributed by atoms with Gasteiger partial charge in [-0.15, -0.1) is 0 Å². The molecular formula is C17H22F2N2O. The van der Waals surface area contributed by atoms with E-state index < -0.39 is 11.6 Å². The Balaban J connectivity index is 1.76. The van der Waals surface area contributed by atoms with Crippen LogP contribution in [0.5, 0.6) is 0 Å². The van der Waals surface area contributed by atoms with Crippen molar-refractivity contribution in [1.82, 2.24) is 9.80 Å². The predicted molar refractivity (Wildman–Crippen MR) is 80.7 cm³/mol. The molecule has 1 aromatic rings. The molecule has 0 spiro atoms. The van der Waals surface area contributed by atoms with Crippen LogP contribution in [0, 0.1) is 11.6 Å². The zero-order valence-electron chi connectivity index (χ0n) is 12.7. The van der Waals surface area contributed by atoms with Gasteiger partial charge in [0.15, 0.2) is 0 Å². The molecule has 0 radical (unpaired) electrons. The summed E-state index contributed by atoms with van der Waals surface area (Å²) in [6, 6.07) is 3.43. The lowest BCUT2D eigenvalue weighted by molar-refractivity contribution is 0.0709. The van der Waals surface area contributed by atoms with E-state index in [0.717, 1.165) is 50.6 Å². The molecule has 3 nitrogen and oxygen atoms in total. The number of nitrogens with zero attached hydrogens (tertiary/aromatic N) is 2. The second kappa shape index (κ2) is 6.73. The fourth-order valence-corrected chi connectivity index (χ4v) is 3.54. The van der Waals surface area contributed by atoms with Gasteiger partial charge < -0.3 is 4.90 Å². The molecule has 2 fully saturated rings. The van der Waals surface area contributed by atoms with Crippen LogP contribution in [-0.2, 0) is 0 Å². The lowest BCUT2D eigenvalue weighted by atomic mass is 10.1. The summed E-state index contributed by atoms with van der Waals surface area (Å²) in [5, 5.41) is 0. The summed E-state index contributed by atoms with van der Waals surface area (Å²) in [5.41, 5.74) is -0.151. The average Bonchev–Trinajstić information content (AvgIpc) is 2.94. The van der Waals surface area contributed by atoms with E-state index in [1.807, 2.05) is 0 Å². The average molecular weight is 308 g/mol. The molecule has 1 aromatic carbocycles. The van der Waals surface area contributed by atoms with E-state index in [4.69, 9.17) is 0 Å². The number of carbonyl (C=O) groups is 1. The molecule has 2 saturated heterocycles. The van der Waals surface area contributed by atoms with Gasteiger partial charge in [-0.1, -0.05) is 6.42 Å². The molecule has 3 rings (SSSR count). The zero-order chi connectivity index (χ0) is 15.5. The molecule has 0 aromatic heterocycles. The number of rotatable bonds is 2. The van der Waals surface area contributed by atoms with Crippen LogP contribution in [-0.4, -0.2) is 47.9 Å².